The highest BCUT2D eigenvalue weighted by atomic mass is 16.6. The molecule has 0 bridgehead atoms. The van der Waals surface area contributed by atoms with Crippen molar-refractivity contribution >= 4 is 23.1 Å². The van der Waals surface area contributed by atoms with Crippen molar-refractivity contribution in [1.82, 2.24) is 0 Å². The van der Waals surface area contributed by atoms with Gasteiger partial charge in [0.15, 0.2) is 12.1 Å². The van der Waals surface area contributed by atoms with Crippen molar-refractivity contribution in [1.29, 1.82) is 0 Å². The van der Waals surface area contributed by atoms with Gasteiger partial charge in [0.25, 0.3) is 0 Å². The number of furan rings is 1. The summed E-state index contributed by atoms with van der Waals surface area (Å²) < 4.78 is 10.5. The lowest BCUT2D eigenvalue weighted by molar-refractivity contribution is -0.245. The molecule has 1 saturated heterocycles. The first-order valence-corrected chi connectivity index (χ1v) is 8.96. The number of ketones is 1. The summed E-state index contributed by atoms with van der Waals surface area (Å²) in [5.41, 5.74) is 2.74. The van der Waals surface area contributed by atoms with Gasteiger partial charge < -0.3 is 34.9 Å². The summed E-state index contributed by atoms with van der Waals surface area (Å²) in [5, 5.41) is 42.4. The van der Waals surface area contributed by atoms with Gasteiger partial charge in [-0.05, 0) is 41.5 Å². The van der Waals surface area contributed by atoms with Crippen LogP contribution in [-0.2, 0) is 16.0 Å². The minimum Gasteiger partial charge on any atom is -0.464 e. The lowest BCUT2D eigenvalue weighted by atomic mass is 9.89. The molecule has 2 aromatic rings. The lowest BCUT2D eigenvalue weighted by Crippen LogP contribution is -2.61. The number of Topliss-reactive ketones (excluding diaryl/α,β-unsaturated/α-hetero) is 1. The number of ether oxygens (including phenoxy) is 1. The number of carbonyl (C=O) groups excluding carboxylic acids is 1. The number of rotatable bonds is 4. The molecule has 0 saturated carbocycles. The van der Waals surface area contributed by atoms with Gasteiger partial charge in [-0.15, -0.1) is 0 Å². The number of allylic oxidation sites excluding steroid dienone is 1. The van der Waals surface area contributed by atoms with Crippen LogP contribution >= 0.6 is 0 Å². The number of benzene rings is 1. The Labute approximate surface area is 160 Å². The third-order valence-electron chi connectivity index (χ3n) is 5.11. The van der Waals surface area contributed by atoms with E-state index in [1.165, 1.54) is 6.26 Å². The topological polar surface area (TPSA) is 132 Å². The maximum atomic E-state index is 12.5. The van der Waals surface area contributed by atoms with E-state index in [1.54, 1.807) is 30.3 Å². The second kappa shape index (κ2) is 7.50. The fourth-order valence-electron chi connectivity index (χ4n) is 3.58. The van der Waals surface area contributed by atoms with Gasteiger partial charge in [0, 0.05) is 12.1 Å². The molecule has 1 fully saturated rings. The monoisotopic (exact) mass is 387 g/mol. The number of carbonyl (C=O) groups is 1. The van der Waals surface area contributed by atoms with Gasteiger partial charge >= 0.3 is 0 Å². The largest absolute Gasteiger partial charge is 0.464 e. The number of hydrogen-bond donors (Lipinski definition) is 5. The predicted molar refractivity (Wildman–Crippen MR) is 99.1 cm³/mol. The zero-order chi connectivity index (χ0) is 19.8. The van der Waals surface area contributed by atoms with Crippen molar-refractivity contribution in [2.45, 2.75) is 37.1 Å². The van der Waals surface area contributed by atoms with E-state index in [-0.39, 0.29) is 12.2 Å². The third kappa shape index (κ3) is 3.36. The Kier molecular flexibility index (Phi) is 5.05. The fraction of sp³-hybridized carbons (Fsp3) is 0.350. The summed E-state index contributed by atoms with van der Waals surface area (Å²) in [7, 11) is 0. The Bertz CT molecular complexity index is 892. The van der Waals surface area contributed by atoms with Gasteiger partial charge in [-0.3, -0.25) is 4.79 Å². The Morgan fingerprint density at radius 2 is 1.96 bits per heavy atom. The van der Waals surface area contributed by atoms with E-state index < -0.39 is 37.3 Å². The molecular weight excluding hydrogens is 366 g/mol. The van der Waals surface area contributed by atoms with Crippen molar-refractivity contribution in [3.63, 3.8) is 0 Å². The number of anilines is 1. The van der Waals surface area contributed by atoms with E-state index in [0.717, 1.165) is 11.1 Å². The Morgan fingerprint density at radius 1 is 1.14 bits per heavy atom. The summed E-state index contributed by atoms with van der Waals surface area (Å²) in [5.74, 6) is 0.456. The van der Waals surface area contributed by atoms with Gasteiger partial charge in [-0.2, -0.15) is 0 Å². The second-order valence-electron chi connectivity index (χ2n) is 6.95. The van der Waals surface area contributed by atoms with Crippen LogP contribution in [0.25, 0.3) is 11.6 Å². The van der Waals surface area contributed by atoms with Crippen LogP contribution in [0.2, 0.25) is 0 Å². The van der Waals surface area contributed by atoms with E-state index in [9.17, 15) is 20.1 Å². The molecule has 3 unspecified atom stereocenters. The number of fused-ring (bicyclic) bond motifs is 1. The molecule has 5 N–H and O–H groups in total. The first-order chi connectivity index (χ1) is 13.5. The molecule has 4 rings (SSSR count). The van der Waals surface area contributed by atoms with E-state index in [4.69, 9.17) is 14.3 Å². The third-order valence-corrected chi connectivity index (χ3v) is 5.11. The average Bonchev–Trinajstić information content (AvgIpc) is 3.22. The summed E-state index contributed by atoms with van der Waals surface area (Å²) >= 11 is 0. The lowest BCUT2D eigenvalue weighted by Gasteiger charge is -2.40. The molecule has 28 heavy (non-hydrogen) atoms. The SMILES string of the molecule is O=C1Cc2cc(NC3C(O)OC(CO)[C@@H](O)[C@@H]3O)ccc2C=C1c1ccco1. The first kappa shape index (κ1) is 18.9. The minimum atomic E-state index is -1.42. The van der Waals surface area contributed by atoms with Crippen molar-refractivity contribution < 1.29 is 34.4 Å². The summed E-state index contributed by atoms with van der Waals surface area (Å²) in [6.07, 6.45) is -1.68. The maximum absolute atomic E-state index is 12.5. The molecule has 2 aliphatic rings. The summed E-state index contributed by atoms with van der Waals surface area (Å²) in [4.78, 5) is 12.5. The second-order valence-corrected chi connectivity index (χ2v) is 6.95. The molecular formula is C20H21NO7. The predicted octanol–water partition coefficient (Wildman–Crippen LogP) is 0.157. The molecule has 1 aliphatic carbocycles. The average molecular weight is 387 g/mol. The van der Waals surface area contributed by atoms with Crippen molar-refractivity contribution in [3.05, 3.63) is 53.5 Å². The Morgan fingerprint density at radius 3 is 2.68 bits per heavy atom. The van der Waals surface area contributed by atoms with Gasteiger partial charge in [0.05, 0.1) is 18.4 Å². The number of aliphatic hydroxyl groups excluding tert-OH is 4. The molecule has 8 heteroatoms. The maximum Gasteiger partial charge on any atom is 0.178 e. The van der Waals surface area contributed by atoms with Crippen LogP contribution in [0.4, 0.5) is 5.69 Å². The van der Waals surface area contributed by atoms with Crippen molar-refractivity contribution in [2.24, 2.45) is 0 Å². The molecule has 1 aromatic carbocycles. The van der Waals surface area contributed by atoms with E-state index >= 15 is 0 Å². The molecule has 0 amide bonds. The van der Waals surface area contributed by atoms with Gasteiger partial charge in [0.2, 0.25) is 0 Å². The van der Waals surface area contributed by atoms with Crippen LogP contribution in [0.15, 0.2) is 41.0 Å². The zero-order valence-corrected chi connectivity index (χ0v) is 14.9. The molecule has 5 atom stereocenters. The van der Waals surface area contributed by atoms with Crippen LogP contribution in [-0.4, -0.2) is 63.5 Å². The number of aliphatic hydroxyl groups is 4. The van der Waals surface area contributed by atoms with Gasteiger partial charge in [-0.1, -0.05) is 6.07 Å². The molecule has 0 radical (unpaired) electrons. The molecule has 1 aromatic heterocycles. The van der Waals surface area contributed by atoms with Crippen LogP contribution in [0.3, 0.4) is 0 Å². The van der Waals surface area contributed by atoms with Crippen molar-refractivity contribution in [3.8, 4) is 0 Å². The zero-order valence-electron chi connectivity index (χ0n) is 14.9. The first-order valence-electron chi connectivity index (χ1n) is 8.96. The number of hydrogen-bond acceptors (Lipinski definition) is 8. The van der Waals surface area contributed by atoms with E-state index in [1.807, 2.05) is 6.07 Å². The molecule has 0 spiro atoms. The minimum absolute atomic E-state index is 0.0677. The molecule has 8 nitrogen and oxygen atoms in total. The normalized spacial score (nSPS) is 29.9. The van der Waals surface area contributed by atoms with E-state index in [0.29, 0.717) is 17.0 Å². The summed E-state index contributed by atoms with van der Waals surface area (Å²) in [6, 6.07) is 7.79. The highest BCUT2D eigenvalue weighted by Gasteiger charge is 2.43. The van der Waals surface area contributed by atoms with Crippen LogP contribution < -0.4 is 5.32 Å². The smallest absolute Gasteiger partial charge is 0.178 e. The Hall–Kier alpha value is -2.49. The molecule has 148 valence electrons. The van der Waals surface area contributed by atoms with E-state index in [2.05, 4.69) is 5.32 Å². The quantitative estimate of drug-likeness (QED) is 0.501. The van der Waals surface area contributed by atoms with Crippen LogP contribution in [0.5, 0.6) is 0 Å². The van der Waals surface area contributed by atoms with Crippen LogP contribution in [0.1, 0.15) is 16.9 Å². The molecule has 2 heterocycles. The van der Waals surface area contributed by atoms with Gasteiger partial charge in [-0.25, -0.2) is 0 Å². The van der Waals surface area contributed by atoms with Gasteiger partial charge in [0.1, 0.15) is 30.1 Å². The summed E-state index contributed by atoms with van der Waals surface area (Å²) in [6.45, 7) is -0.521. The fourth-order valence-corrected chi connectivity index (χ4v) is 3.58. The highest BCUT2D eigenvalue weighted by molar-refractivity contribution is 6.26. The Balaban J connectivity index is 1.56. The van der Waals surface area contributed by atoms with Crippen LogP contribution in [0, 0.1) is 0 Å². The number of nitrogens with one attached hydrogen (secondary N) is 1. The van der Waals surface area contributed by atoms with Crippen molar-refractivity contribution in [2.75, 3.05) is 11.9 Å². The standard InChI is InChI=1S/C20H21NO7/c22-9-16-18(24)19(25)17(20(26)28-16)21-12-4-3-10-7-13(15-2-1-5-27-15)14(23)8-11(10)6-12/h1-7,16-22,24-26H,8-9H2/t16?,17?,18-,19-,20?/m1/s1. The molecule has 1 aliphatic heterocycles. The highest BCUT2D eigenvalue weighted by Crippen LogP contribution is 2.31.